The summed E-state index contributed by atoms with van der Waals surface area (Å²) in [5.74, 6) is -0.733. The number of amides is 2. The van der Waals surface area contributed by atoms with Gasteiger partial charge in [-0.25, -0.2) is 0 Å². The van der Waals surface area contributed by atoms with Gasteiger partial charge >= 0.3 is 0 Å². The number of ether oxygens (including phenoxy) is 1. The van der Waals surface area contributed by atoms with Crippen molar-refractivity contribution in [3.63, 3.8) is 0 Å². The largest absolute Gasteiger partial charge is 0.494 e. The highest BCUT2D eigenvalue weighted by Gasteiger charge is 2.30. The van der Waals surface area contributed by atoms with Gasteiger partial charge in [0.15, 0.2) is 0 Å². The number of halogens is 3. The van der Waals surface area contributed by atoms with Crippen LogP contribution in [0.3, 0.4) is 0 Å². The minimum absolute atomic E-state index is 0.559. The molecule has 23 heavy (non-hydrogen) atoms. The van der Waals surface area contributed by atoms with E-state index in [-0.39, 0.29) is 0 Å². The van der Waals surface area contributed by atoms with Crippen LogP contribution in [-0.2, 0) is 9.59 Å². The fraction of sp³-hybridized carbons (Fsp3) is 0.333. The molecule has 0 aliphatic rings. The van der Waals surface area contributed by atoms with Gasteiger partial charge in [0.05, 0.1) is 6.61 Å². The number of carbonyl (C=O) groups excluding carboxylic acids is 2. The highest BCUT2D eigenvalue weighted by atomic mass is 35.6. The lowest BCUT2D eigenvalue weighted by Crippen LogP contribution is -2.46. The number of rotatable bonds is 6. The first kappa shape index (κ1) is 19.6. The molecule has 0 radical (unpaired) electrons. The Morgan fingerprint density at radius 3 is 2.39 bits per heavy atom. The summed E-state index contributed by atoms with van der Waals surface area (Å²) in [5.41, 5.74) is 4.89. The zero-order valence-electron chi connectivity index (χ0n) is 12.4. The fourth-order valence-corrected chi connectivity index (χ4v) is 1.55. The van der Waals surface area contributed by atoms with Crippen LogP contribution in [-0.4, -0.2) is 22.2 Å². The first-order chi connectivity index (χ1) is 10.8. The molecule has 1 aromatic rings. The third-order valence-electron chi connectivity index (χ3n) is 2.63. The van der Waals surface area contributed by atoms with Crippen LogP contribution in [0.2, 0.25) is 0 Å². The van der Waals surface area contributed by atoms with Gasteiger partial charge in [0.2, 0.25) is 0 Å². The van der Waals surface area contributed by atoms with Crippen LogP contribution in [0.25, 0.3) is 6.08 Å². The second-order valence-corrected chi connectivity index (χ2v) is 6.83. The molecule has 0 unspecified atom stereocenters. The molecule has 0 saturated heterocycles. The minimum atomic E-state index is -2.13. The molecule has 0 aliphatic carbocycles. The molecule has 0 heterocycles. The normalized spacial score (nSPS) is 11.3. The smallest absolute Gasteiger partial charge is 0.290 e. The number of nitrogens with one attached hydrogen (secondary N) is 2. The maximum atomic E-state index is 11.5. The summed E-state index contributed by atoms with van der Waals surface area (Å²) >= 11 is 16.0. The lowest BCUT2D eigenvalue weighted by Gasteiger charge is -2.10. The maximum Gasteiger partial charge on any atom is 0.290 e. The minimum Gasteiger partial charge on any atom is -0.494 e. The molecule has 1 aromatic carbocycles. The molecule has 126 valence electrons. The van der Waals surface area contributed by atoms with Gasteiger partial charge in [-0.1, -0.05) is 60.3 Å². The van der Waals surface area contributed by atoms with Gasteiger partial charge in [-0.3, -0.25) is 20.4 Å². The summed E-state index contributed by atoms with van der Waals surface area (Å²) < 4.78 is 3.40. The van der Waals surface area contributed by atoms with Crippen molar-refractivity contribution >= 4 is 52.7 Å². The van der Waals surface area contributed by atoms with E-state index in [2.05, 4.69) is 12.3 Å². The molecule has 0 atom stereocenters. The van der Waals surface area contributed by atoms with Crippen LogP contribution >= 0.6 is 34.8 Å². The lowest BCUT2D eigenvalue weighted by molar-refractivity contribution is -0.126. The Labute approximate surface area is 149 Å². The predicted molar refractivity (Wildman–Crippen MR) is 92.5 cm³/mol. The van der Waals surface area contributed by atoms with Gasteiger partial charge < -0.3 is 4.74 Å². The third kappa shape index (κ3) is 8.11. The second-order valence-electron chi connectivity index (χ2n) is 4.55. The molecular weight excluding hydrogens is 363 g/mol. The number of carbonyl (C=O) groups is 2. The molecule has 2 N–H and O–H groups in total. The molecule has 0 bridgehead atoms. The number of hydrogen-bond acceptors (Lipinski definition) is 3. The standard InChI is InChI=1S/C15H17Cl3N2O3/c1-2-3-10-23-12-7-4-11(5-8-12)6-9-13(21)19-20-14(22)15(16,17)18/h4-9H,2-3,10H2,1H3,(H,19,21)(H,20,22)/b9-6+. The molecule has 5 nitrogen and oxygen atoms in total. The summed E-state index contributed by atoms with van der Waals surface area (Å²) in [6.07, 6.45) is 4.89. The Balaban J connectivity index is 2.44. The van der Waals surface area contributed by atoms with E-state index in [0.717, 1.165) is 24.2 Å². The number of benzene rings is 1. The summed E-state index contributed by atoms with van der Waals surface area (Å²) in [6.45, 7) is 2.77. The molecule has 0 aliphatic heterocycles. The molecule has 0 saturated carbocycles. The Bertz CT molecular complexity index is 554. The van der Waals surface area contributed by atoms with E-state index >= 15 is 0 Å². The van der Waals surface area contributed by atoms with Crippen molar-refractivity contribution in [1.82, 2.24) is 10.9 Å². The molecule has 8 heteroatoms. The highest BCUT2D eigenvalue weighted by molar-refractivity contribution is 6.76. The number of unbranched alkanes of at least 4 members (excludes halogenated alkanes) is 1. The SMILES string of the molecule is CCCCOc1ccc(/C=C/C(=O)NNC(=O)C(Cl)(Cl)Cl)cc1. The van der Waals surface area contributed by atoms with E-state index in [9.17, 15) is 9.59 Å². The molecule has 0 aromatic heterocycles. The van der Waals surface area contributed by atoms with Crippen molar-refractivity contribution in [3.8, 4) is 5.75 Å². The summed E-state index contributed by atoms with van der Waals surface area (Å²) in [6, 6.07) is 7.26. The van der Waals surface area contributed by atoms with Crippen molar-refractivity contribution in [2.45, 2.75) is 23.6 Å². The highest BCUT2D eigenvalue weighted by Crippen LogP contribution is 2.25. The van der Waals surface area contributed by atoms with E-state index in [1.54, 1.807) is 6.08 Å². The van der Waals surface area contributed by atoms with E-state index in [1.165, 1.54) is 6.08 Å². The van der Waals surface area contributed by atoms with Crippen LogP contribution < -0.4 is 15.6 Å². The van der Waals surface area contributed by atoms with Gasteiger partial charge in [0, 0.05) is 6.08 Å². The molecule has 0 fully saturated rings. The van der Waals surface area contributed by atoms with Crippen molar-refractivity contribution in [1.29, 1.82) is 0 Å². The van der Waals surface area contributed by atoms with E-state index in [1.807, 2.05) is 29.7 Å². The van der Waals surface area contributed by atoms with Crippen LogP contribution in [0.5, 0.6) is 5.75 Å². The number of alkyl halides is 3. The van der Waals surface area contributed by atoms with Gasteiger partial charge in [0.25, 0.3) is 15.6 Å². The van der Waals surface area contributed by atoms with Crippen LogP contribution in [0.4, 0.5) is 0 Å². The van der Waals surface area contributed by atoms with Crippen molar-refractivity contribution in [2.75, 3.05) is 6.61 Å². The van der Waals surface area contributed by atoms with Crippen LogP contribution in [0.15, 0.2) is 30.3 Å². The molecule has 1 rings (SSSR count). The monoisotopic (exact) mass is 378 g/mol. The average molecular weight is 380 g/mol. The Kier molecular flexibility index (Phi) is 8.23. The van der Waals surface area contributed by atoms with E-state index in [4.69, 9.17) is 39.5 Å². The maximum absolute atomic E-state index is 11.5. The summed E-state index contributed by atoms with van der Waals surface area (Å²) in [7, 11) is 0. The average Bonchev–Trinajstić information content (AvgIpc) is 2.51. The third-order valence-corrected chi connectivity index (χ3v) is 3.15. The number of hydrogen-bond donors (Lipinski definition) is 2. The van der Waals surface area contributed by atoms with Crippen molar-refractivity contribution < 1.29 is 14.3 Å². The summed E-state index contributed by atoms with van der Waals surface area (Å²) in [5, 5.41) is 0. The molecule has 2 amide bonds. The van der Waals surface area contributed by atoms with Crippen LogP contribution in [0.1, 0.15) is 25.3 Å². The molecule has 0 spiro atoms. The summed E-state index contributed by atoms with van der Waals surface area (Å²) in [4.78, 5) is 22.8. The zero-order chi connectivity index (χ0) is 17.3. The Morgan fingerprint density at radius 2 is 1.83 bits per heavy atom. The lowest BCUT2D eigenvalue weighted by atomic mass is 10.2. The zero-order valence-corrected chi connectivity index (χ0v) is 14.7. The van der Waals surface area contributed by atoms with Gasteiger partial charge in [-0.05, 0) is 30.2 Å². The second kappa shape index (κ2) is 9.65. The fourth-order valence-electron chi connectivity index (χ4n) is 1.41. The van der Waals surface area contributed by atoms with Crippen LogP contribution in [0, 0.1) is 0 Å². The first-order valence-corrected chi connectivity index (χ1v) is 8.04. The number of hydrazine groups is 1. The topological polar surface area (TPSA) is 67.4 Å². The Hall–Kier alpha value is -1.43. The quantitative estimate of drug-likeness (QED) is 0.344. The Morgan fingerprint density at radius 1 is 1.17 bits per heavy atom. The van der Waals surface area contributed by atoms with Crippen molar-refractivity contribution in [2.24, 2.45) is 0 Å². The first-order valence-electron chi connectivity index (χ1n) is 6.91. The van der Waals surface area contributed by atoms with Gasteiger partial charge in [-0.15, -0.1) is 0 Å². The predicted octanol–water partition coefficient (Wildman–Crippen LogP) is 3.40. The van der Waals surface area contributed by atoms with Gasteiger partial charge in [-0.2, -0.15) is 0 Å². The van der Waals surface area contributed by atoms with Crippen molar-refractivity contribution in [3.05, 3.63) is 35.9 Å². The molecular formula is C15H17Cl3N2O3. The van der Waals surface area contributed by atoms with E-state index in [0.29, 0.717) is 6.61 Å². The van der Waals surface area contributed by atoms with Gasteiger partial charge in [0.1, 0.15) is 5.75 Å². The van der Waals surface area contributed by atoms with E-state index < -0.39 is 15.6 Å².